The Balaban J connectivity index is 1.62. The van der Waals surface area contributed by atoms with Gasteiger partial charge in [-0.25, -0.2) is 4.68 Å². The Morgan fingerprint density at radius 2 is 1.95 bits per heavy atom. The van der Waals surface area contributed by atoms with Gasteiger partial charge < -0.3 is 5.32 Å². The summed E-state index contributed by atoms with van der Waals surface area (Å²) >= 11 is 0. The SMILES string of the molecule is O=C(CCn1[nH]c(=O)ccc1=O)Nc1ccc2c(c1)CCC2. The van der Waals surface area contributed by atoms with Crippen LogP contribution in [-0.2, 0) is 24.2 Å². The number of carbonyl (C=O) groups is 1. The van der Waals surface area contributed by atoms with E-state index in [9.17, 15) is 14.4 Å². The van der Waals surface area contributed by atoms with Crippen molar-refractivity contribution in [1.29, 1.82) is 0 Å². The number of hydrogen-bond donors (Lipinski definition) is 2. The molecule has 6 heteroatoms. The van der Waals surface area contributed by atoms with Gasteiger partial charge in [0.2, 0.25) is 5.91 Å². The highest BCUT2D eigenvalue weighted by atomic mass is 16.2. The van der Waals surface area contributed by atoms with Crippen LogP contribution in [0.1, 0.15) is 24.0 Å². The molecule has 2 aromatic rings. The largest absolute Gasteiger partial charge is 0.326 e. The third kappa shape index (κ3) is 3.16. The second-order valence-electron chi connectivity index (χ2n) is 5.43. The summed E-state index contributed by atoms with van der Waals surface area (Å²) in [6.07, 6.45) is 3.45. The Bertz CT molecular complexity index is 820. The molecular formula is C16H17N3O3. The molecule has 0 spiro atoms. The van der Waals surface area contributed by atoms with E-state index in [0.717, 1.165) is 29.6 Å². The number of H-pyrrole nitrogens is 1. The number of aryl methyl sites for hydroxylation is 3. The van der Waals surface area contributed by atoms with Crippen LogP contribution < -0.4 is 16.4 Å². The van der Waals surface area contributed by atoms with E-state index in [1.165, 1.54) is 23.3 Å². The van der Waals surface area contributed by atoms with E-state index in [-0.39, 0.29) is 30.0 Å². The maximum absolute atomic E-state index is 12.0. The minimum absolute atomic E-state index is 0.122. The molecule has 22 heavy (non-hydrogen) atoms. The summed E-state index contributed by atoms with van der Waals surface area (Å²) in [6, 6.07) is 8.33. The smallest absolute Gasteiger partial charge is 0.265 e. The molecule has 114 valence electrons. The first-order chi connectivity index (χ1) is 10.6. The number of hydrogen-bond acceptors (Lipinski definition) is 3. The minimum Gasteiger partial charge on any atom is -0.326 e. The van der Waals surface area contributed by atoms with Gasteiger partial charge in [-0.15, -0.1) is 0 Å². The van der Waals surface area contributed by atoms with Crippen LogP contribution in [0.25, 0.3) is 0 Å². The van der Waals surface area contributed by atoms with Crippen LogP contribution in [0.2, 0.25) is 0 Å². The van der Waals surface area contributed by atoms with Gasteiger partial charge in [-0.1, -0.05) is 6.07 Å². The van der Waals surface area contributed by atoms with Gasteiger partial charge in [-0.05, 0) is 42.5 Å². The van der Waals surface area contributed by atoms with Crippen molar-refractivity contribution in [2.75, 3.05) is 5.32 Å². The fourth-order valence-electron chi connectivity index (χ4n) is 2.71. The molecule has 0 saturated carbocycles. The molecule has 1 aliphatic rings. The molecule has 0 bridgehead atoms. The first-order valence-electron chi connectivity index (χ1n) is 7.34. The number of benzene rings is 1. The van der Waals surface area contributed by atoms with Gasteiger partial charge in [0.15, 0.2) is 0 Å². The molecule has 0 fully saturated rings. The van der Waals surface area contributed by atoms with Crippen molar-refractivity contribution < 1.29 is 4.79 Å². The van der Waals surface area contributed by atoms with Crippen molar-refractivity contribution in [3.8, 4) is 0 Å². The predicted octanol–water partition coefficient (Wildman–Crippen LogP) is 1.05. The summed E-state index contributed by atoms with van der Waals surface area (Å²) in [7, 11) is 0. The van der Waals surface area contributed by atoms with Crippen molar-refractivity contribution >= 4 is 11.6 Å². The number of carbonyl (C=O) groups excluding carboxylic acids is 1. The normalized spacial score (nSPS) is 12.9. The molecule has 0 saturated heterocycles. The second kappa shape index (κ2) is 6.01. The van der Waals surface area contributed by atoms with Crippen LogP contribution in [0.5, 0.6) is 0 Å². The molecule has 1 aliphatic carbocycles. The average Bonchev–Trinajstić information content (AvgIpc) is 2.96. The van der Waals surface area contributed by atoms with Gasteiger partial charge in [0.05, 0.1) is 6.54 Å². The summed E-state index contributed by atoms with van der Waals surface area (Å²) < 4.78 is 1.14. The van der Waals surface area contributed by atoms with Gasteiger partial charge in [0.25, 0.3) is 11.1 Å². The van der Waals surface area contributed by atoms with E-state index in [4.69, 9.17) is 0 Å². The Labute approximate surface area is 126 Å². The van der Waals surface area contributed by atoms with E-state index >= 15 is 0 Å². The second-order valence-corrected chi connectivity index (χ2v) is 5.43. The Morgan fingerprint density at radius 3 is 2.82 bits per heavy atom. The Kier molecular flexibility index (Phi) is 3.91. The third-order valence-electron chi connectivity index (χ3n) is 3.83. The molecule has 1 aromatic heterocycles. The van der Waals surface area contributed by atoms with Crippen LogP contribution >= 0.6 is 0 Å². The standard InChI is InChI=1S/C16H17N3O3/c20-14(8-9-19-16(22)7-6-15(21)18-19)17-13-5-4-11-2-1-3-12(11)10-13/h4-7,10H,1-3,8-9H2,(H,17,20)(H,18,21). The van der Waals surface area contributed by atoms with Crippen LogP contribution in [0.4, 0.5) is 5.69 Å². The highest BCUT2D eigenvalue weighted by Crippen LogP contribution is 2.24. The molecule has 1 heterocycles. The van der Waals surface area contributed by atoms with Crippen molar-refractivity contribution in [3.05, 3.63) is 62.2 Å². The highest BCUT2D eigenvalue weighted by Gasteiger charge is 2.12. The highest BCUT2D eigenvalue weighted by molar-refractivity contribution is 5.90. The lowest BCUT2D eigenvalue weighted by Gasteiger charge is -2.08. The topological polar surface area (TPSA) is 84.0 Å². The van der Waals surface area contributed by atoms with Crippen LogP contribution in [0, 0.1) is 0 Å². The van der Waals surface area contributed by atoms with Crippen LogP contribution in [-0.4, -0.2) is 15.7 Å². The number of nitrogens with zero attached hydrogens (tertiary/aromatic N) is 1. The molecule has 0 atom stereocenters. The van der Waals surface area contributed by atoms with Crippen molar-refractivity contribution in [1.82, 2.24) is 9.78 Å². The van der Waals surface area contributed by atoms with Gasteiger partial charge in [-0.2, -0.15) is 0 Å². The van der Waals surface area contributed by atoms with Crippen molar-refractivity contribution in [3.63, 3.8) is 0 Å². The lowest BCUT2D eigenvalue weighted by molar-refractivity contribution is -0.116. The number of fused-ring (bicyclic) bond motifs is 1. The van der Waals surface area contributed by atoms with Gasteiger partial charge >= 0.3 is 0 Å². The van der Waals surface area contributed by atoms with Crippen molar-refractivity contribution in [2.24, 2.45) is 0 Å². The first kappa shape index (κ1) is 14.3. The molecule has 1 aromatic carbocycles. The van der Waals surface area contributed by atoms with E-state index in [1.807, 2.05) is 12.1 Å². The fraction of sp³-hybridized carbons (Fsp3) is 0.312. The van der Waals surface area contributed by atoms with Crippen LogP contribution in [0.15, 0.2) is 39.9 Å². The maximum Gasteiger partial charge on any atom is 0.265 e. The molecule has 0 aliphatic heterocycles. The molecule has 2 N–H and O–H groups in total. The summed E-state index contributed by atoms with van der Waals surface area (Å²) in [4.78, 5) is 34.7. The minimum atomic E-state index is -0.362. The zero-order valence-corrected chi connectivity index (χ0v) is 12.1. The number of aromatic amines is 1. The predicted molar refractivity (Wildman–Crippen MR) is 83.0 cm³/mol. The first-order valence-corrected chi connectivity index (χ1v) is 7.34. The maximum atomic E-state index is 12.0. The summed E-state index contributed by atoms with van der Waals surface area (Å²) in [5, 5.41) is 5.23. The molecular weight excluding hydrogens is 282 g/mol. The lowest BCUT2D eigenvalue weighted by Crippen LogP contribution is -2.29. The van der Waals surface area contributed by atoms with Gasteiger partial charge in [-0.3, -0.25) is 19.5 Å². The van der Waals surface area contributed by atoms with E-state index in [0.29, 0.717) is 0 Å². The average molecular weight is 299 g/mol. The monoisotopic (exact) mass is 299 g/mol. The molecule has 3 rings (SSSR count). The number of nitrogens with one attached hydrogen (secondary N) is 2. The van der Waals surface area contributed by atoms with E-state index < -0.39 is 0 Å². The zero-order chi connectivity index (χ0) is 15.5. The zero-order valence-electron chi connectivity index (χ0n) is 12.1. The quantitative estimate of drug-likeness (QED) is 0.885. The van der Waals surface area contributed by atoms with E-state index in [2.05, 4.69) is 16.5 Å². The molecule has 1 amide bonds. The molecule has 6 nitrogen and oxygen atoms in total. The Hall–Kier alpha value is -2.63. The number of aromatic nitrogens is 2. The van der Waals surface area contributed by atoms with Gasteiger partial charge in [0, 0.05) is 24.2 Å². The van der Waals surface area contributed by atoms with Gasteiger partial charge in [0.1, 0.15) is 0 Å². The number of amides is 1. The third-order valence-corrected chi connectivity index (χ3v) is 3.83. The lowest BCUT2D eigenvalue weighted by atomic mass is 10.1. The fourth-order valence-corrected chi connectivity index (χ4v) is 2.71. The molecule has 0 radical (unpaired) electrons. The van der Waals surface area contributed by atoms with Crippen LogP contribution in [0.3, 0.4) is 0 Å². The summed E-state index contributed by atoms with van der Waals surface area (Å²) in [5.41, 5.74) is 2.73. The number of anilines is 1. The Morgan fingerprint density at radius 1 is 1.14 bits per heavy atom. The summed E-state index contributed by atoms with van der Waals surface area (Å²) in [6.45, 7) is 0.145. The van der Waals surface area contributed by atoms with Crippen molar-refractivity contribution in [2.45, 2.75) is 32.2 Å². The molecule has 0 unspecified atom stereocenters. The van der Waals surface area contributed by atoms with E-state index in [1.54, 1.807) is 0 Å². The summed E-state index contributed by atoms with van der Waals surface area (Å²) in [5.74, 6) is -0.186. The number of rotatable bonds is 4.